The zero-order valence-corrected chi connectivity index (χ0v) is 14.6. The Balaban J connectivity index is 1.83. The minimum atomic E-state index is 0.0166. The van der Waals surface area contributed by atoms with Crippen molar-refractivity contribution in [2.75, 3.05) is 7.05 Å². The van der Waals surface area contributed by atoms with Crippen LogP contribution in [-0.2, 0) is 4.79 Å². The molecule has 0 spiro atoms. The van der Waals surface area contributed by atoms with Gasteiger partial charge in [-0.3, -0.25) is 4.79 Å². The second-order valence-electron chi connectivity index (χ2n) is 6.83. The van der Waals surface area contributed by atoms with Crippen molar-refractivity contribution >= 4 is 11.6 Å². The molecule has 1 unspecified atom stereocenters. The minimum absolute atomic E-state index is 0.0166. The minimum Gasteiger partial charge on any atom is -0.269 e. The second kappa shape index (κ2) is 5.67. The standard InChI is InChI=1S/C23H19N2O/c1-24-22(26)15-21(16-9-3-2-4-10-16)25(24)23-19-13-7-5-11-17(19)18-12-6-8-14-20(18)23/h2-14,21H,15H2,1H3/q+1. The Kier molecular flexibility index (Phi) is 3.29. The molecule has 1 heterocycles. The molecule has 1 saturated heterocycles. The van der Waals surface area contributed by atoms with Gasteiger partial charge in [-0.1, -0.05) is 71.4 Å². The molecular formula is C23H19N2O+. The Morgan fingerprint density at radius 3 is 1.85 bits per heavy atom. The van der Waals surface area contributed by atoms with E-state index in [0.29, 0.717) is 6.42 Å². The summed E-state index contributed by atoms with van der Waals surface area (Å²) in [5.41, 5.74) is 7.14. The van der Waals surface area contributed by atoms with Crippen molar-refractivity contribution in [3.05, 3.63) is 95.6 Å². The van der Waals surface area contributed by atoms with Crippen LogP contribution in [0.2, 0.25) is 0 Å². The SMILES string of the molecule is CN1C(=O)CC(c2ccccc2)[N+]1=C1c2ccccc2-c2ccccc21. The third kappa shape index (κ3) is 2.07. The zero-order chi connectivity index (χ0) is 17.7. The molecule has 0 N–H and O–H groups in total. The number of carbonyl (C=O) groups excluding carboxylic acids is 1. The largest absolute Gasteiger partial charge is 0.284 e. The molecule has 1 atom stereocenters. The van der Waals surface area contributed by atoms with Crippen LogP contribution in [0.3, 0.4) is 0 Å². The molecule has 1 aliphatic carbocycles. The third-order valence-corrected chi connectivity index (χ3v) is 5.42. The van der Waals surface area contributed by atoms with Gasteiger partial charge in [-0.25, -0.2) is 0 Å². The lowest BCUT2D eigenvalue weighted by atomic mass is 10.0. The molecule has 26 heavy (non-hydrogen) atoms. The third-order valence-electron chi connectivity index (χ3n) is 5.42. The fraction of sp³-hybridized carbons (Fsp3) is 0.130. The van der Waals surface area contributed by atoms with E-state index in [0.717, 1.165) is 5.71 Å². The molecule has 0 radical (unpaired) electrons. The molecule has 1 amide bonds. The lowest BCUT2D eigenvalue weighted by molar-refractivity contribution is -0.682. The van der Waals surface area contributed by atoms with Crippen molar-refractivity contribution in [2.45, 2.75) is 12.5 Å². The number of amides is 1. The van der Waals surface area contributed by atoms with E-state index < -0.39 is 0 Å². The van der Waals surface area contributed by atoms with Gasteiger partial charge in [0, 0.05) is 5.56 Å². The van der Waals surface area contributed by atoms with Gasteiger partial charge in [0.1, 0.15) is 6.42 Å². The van der Waals surface area contributed by atoms with Crippen LogP contribution in [0.5, 0.6) is 0 Å². The number of hydrazine groups is 1. The van der Waals surface area contributed by atoms with Crippen LogP contribution in [0.1, 0.15) is 29.2 Å². The first-order valence-corrected chi connectivity index (χ1v) is 8.92. The van der Waals surface area contributed by atoms with Gasteiger partial charge in [0.05, 0.1) is 18.2 Å². The van der Waals surface area contributed by atoms with E-state index in [1.54, 1.807) is 5.01 Å². The molecule has 3 nitrogen and oxygen atoms in total. The van der Waals surface area contributed by atoms with Crippen LogP contribution >= 0.6 is 0 Å². The summed E-state index contributed by atoms with van der Waals surface area (Å²) in [5, 5.41) is 1.78. The van der Waals surface area contributed by atoms with Crippen LogP contribution in [0.25, 0.3) is 11.1 Å². The van der Waals surface area contributed by atoms with Crippen LogP contribution in [-0.4, -0.2) is 28.4 Å². The summed E-state index contributed by atoms with van der Waals surface area (Å²) < 4.78 is 2.18. The number of nitrogens with zero attached hydrogens (tertiary/aromatic N) is 2. The van der Waals surface area contributed by atoms with Crippen LogP contribution in [0.4, 0.5) is 0 Å². The van der Waals surface area contributed by atoms with Gasteiger partial charge in [0.15, 0.2) is 0 Å². The topological polar surface area (TPSA) is 23.3 Å². The lowest BCUT2D eigenvalue weighted by Crippen LogP contribution is -2.34. The zero-order valence-electron chi connectivity index (χ0n) is 14.6. The molecule has 3 aromatic rings. The summed E-state index contributed by atoms with van der Waals surface area (Å²) in [4.78, 5) is 12.6. The predicted octanol–water partition coefficient (Wildman–Crippen LogP) is 4.04. The van der Waals surface area contributed by atoms with Gasteiger partial charge >= 0.3 is 0 Å². The number of fused-ring (bicyclic) bond motifs is 3. The Labute approximate surface area is 152 Å². The Morgan fingerprint density at radius 1 is 0.769 bits per heavy atom. The van der Waals surface area contributed by atoms with Crippen LogP contribution in [0.15, 0.2) is 78.9 Å². The highest BCUT2D eigenvalue weighted by molar-refractivity contribution is 6.22. The number of benzene rings is 3. The summed E-state index contributed by atoms with van der Waals surface area (Å²) in [6.45, 7) is 0. The van der Waals surface area contributed by atoms with Gasteiger partial charge in [0.2, 0.25) is 11.8 Å². The molecular weight excluding hydrogens is 320 g/mol. The Hall–Kier alpha value is -3.20. The first kappa shape index (κ1) is 15.1. The van der Waals surface area contributed by atoms with Crippen molar-refractivity contribution < 1.29 is 9.48 Å². The maximum absolute atomic E-state index is 12.6. The van der Waals surface area contributed by atoms with Gasteiger partial charge in [-0.05, 0) is 23.3 Å². The maximum Gasteiger partial charge on any atom is 0.284 e. The van der Waals surface area contributed by atoms with E-state index in [1.165, 1.54) is 27.8 Å². The van der Waals surface area contributed by atoms with Gasteiger partial charge in [0.25, 0.3) is 5.91 Å². The number of hydrogen-bond donors (Lipinski definition) is 0. The molecule has 1 aliphatic heterocycles. The second-order valence-corrected chi connectivity index (χ2v) is 6.83. The van der Waals surface area contributed by atoms with E-state index in [4.69, 9.17) is 0 Å². The molecule has 0 saturated carbocycles. The quantitative estimate of drug-likeness (QED) is 0.480. The summed E-state index contributed by atoms with van der Waals surface area (Å²) in [5.74, 6) is 0.146. The molecule has 5 rings (SSSR count). The molecule has 0 bridgehead atoms. The monoisotopic (exact) mass is 339 g/mol. The van der Waals surface area contributed by atoms with Crippen LogP contribution < -0.4 is 0 Å². The fourth-order valence-electron chi connectivity index (χ4n) is 4.19. The number of hydrogen-bond acceptors (Lipinski definition) is 1. The van der Waals surface area contributed by atoms with E-state index in [1.807, 2.05) is 25.2 Å². The highest BCUT2D eigenvalue weighted by atomic mass is 16.2. The first-order chi connectivity index (χ1) is 12.8. The molecule has 126 valence electrons. The summed E-state index contributed by atoms with van der Waals surface area (Å²) >= 11 is 0. The van der Waals surface area contributed by atoms with Gasteiger partial charge in [-0.2, -0.15) is 0 Å². The fourth-order valence-corrected chi connectivity index (χ4v) is 4.19. The van der Waals surface area contributed by atoms with E-state index in [9.17, 15) is 4.79 Å². The van der Waals surface area contributed by atoms with E-state index >= 15 is 0 Å². The van der Waals surface area contributed by atoms with E-state index in [2.05, 4.69) is 65.3 Å². The maximum atomic E-state index is 12.6. The molecule has 2 aliphatic rings. The highest BCUT2D eigenvalue weighted by Crippen LogP contribution is 2.39. The van der Waals surface area contributed by atoms with Crippen LogP contribution in [0, 0.1) is 0 Å². The van der Waals surface area contributed by atoms with Crippen molar-refractivity contribution in [3.8, 4) is 11.1 Å². The summed E-state index contributed by atoms with van der Waals surface area (Å²) in [6, 6.07) is 27.3. The molecule has 3 aromatic carbocycles. The van der Waals surface area contributed by atoms with Crippen molar-refractivity contribution in [2.24, 2.45) is 0 Å². The lowest BCUT2D eigenvalue weighted by Gasteiger charge is -2.13. The number of rotatable bonds is 1. The smallest absolute Gasteiger partial charge is 0.269 e. The summed E-state index contributed by atoms with van der Waals surface area (Å²) in [6.07, 6.45) is 0.494. The number of carbonyl (C=O) groups is 1. The predicted molar refractivity (Wildman–Crippen MR) is 102 cm³/mol. The van der Waals surface area contributed by atoms with Gasteiger partial charge in [-0.15, -0.1) is 5.01 Å². The molecule has 1 fully saturated rings. The summed E-state index contributed by atoms with van der Waals surface area (Å²) in [7, 11) is 1.88. The Morgan fingerprint density at radius 2 is 1.27 bits per heavy atom. The van der Waals surface area contributed by atoms with Crippen molar-refractivity contribution in [1.29, 1.82) is 0 Å². The average Bonchev–Trinajstić information content (AvgIpc) is 3.17. The number of hydrazone groups is 1. The van der Waals surface area contributed by atoms with Crippen molar-refractivity contribution in [1.82, 2.24) is 5.01 Å². The first-order valence-electron chi connectivity index (χ1n) is 8.92. The normalized spacial score (nSPS) is 18.3. The molecule has 3 heteroatoms. The average molecular weight is 339 g/mol. The highest BCUT2D eigenvalue weighted by Gasteiger charge is 2.46. The molecule has 0 aromatic heterocycles. The Bertz CT molecular complexity index is 1010. The van der Waals surface area contributed by atoms with Gasteiger partial charge < -0.3 is 0 Å². The van der Waals surface area contributed by atoms with E-state index in [-0.39, 0.29) is 11.9 Å². The van der Waals surface area contributed by atoms with Crippen molar-refractivity contribution in [3.63, 3.8) is 0 Å².